The molecular weight excluding hydrogens is 582 g/mol. The monoisotopic (exact) mass is 632 g/mol. The number of aryl methyl sites for hydroxylation is 3. The van der Waals surface area contributed by atoms with Crippen molar-refractivity contribution in [1.82, 2.24) is 9.97 Å². The number of methoxy groups -OCH3 is 1. The number of rotatable bonds is 18. The van der Waals surface area contributed by atoms with Crippen LogP contribution in [0.4, 0.5) is 0 Å². The van der Waals surface area contributed by atoms with Gasteiger partial charge >= 0.3 is 0 Å². The van der Waals surface area contributed by atoms with Gasteiger partial charge in [-0.15, -0.1) is 0 Å². The first kappa shape index (κ1) is 35.4. The van der Waals surface area contributed by atoms with Crippen LogP contribution < -0.4 is 4.74 Å². The van der Waals surface area contributed by atoms with Gasteiger partial charge < -0.3 is 33.3 Å². The average molecular weight is 633 g/mol. The van der Waals surface area contributed by atoms with E-state index >= 15 is 0 Å². The van der Waals surface area contributed by atoms with Crippen LogP contribution in [0, 0.1) is 20.8 Å². The van der Waals surface area contributed by atoms with Crippen molar-refractivity contribution in [3.05, 3.63) is 76.3 Å². The third-order valence-corrected chi connectivity index (χ3v) is 7.58. The Bertz CT molecular complexity index is 1580. The van der Waals surface area contributed by atoms with Gasteiger partial charge in [0.05, 0.1) is 96.4 Å². The Labute approximate surface area is 273 Å². The Balaban J connectivity index is 1.72. The Morgan fingerprint density at radius 3 is 1.85 bits per heavy atom. The average Bonchev–Trinajstić information content (AvgIpc) is 3.02. The number of hydrogen-bond donors (Lipinski definition) is 1. The second-order valence-corrected chi connectivity index (χ2v) is 12.6. The quantitative estimate of drug-likeness (QED) is 0.111. The molecule has 1 N–H and O–H groups in total. The summed E-state index contributed by atoms with van der Waals surface area (Å²) in [5.74, 6) is 0.817. The van der Waals surface area contributed by atoms with Crippen LogP contribution >= 0.6 is 0 Å². The van der Waals surface area contributed by atoms with Crippen molar-refractivity contribution in [1.29, 1.82) is 0 Å². The van der Waals surface area contributed by atoms with Crippen molar-refractivity contribution in [3.63, 3.8) is 0 Å². The second-order valence-electron chi connectivity index (χ2n) is 12.6. The molecule has 9 nitrogen and oxygen atoms in total. The fraction of sp³-hybridized carbons (Fsp3) is 0.459. The standard InChI is InChI=1S/C37H50N3O6/c1-26-8-9-27(2)35-34(26)38-36(29-12-13-33(28(3)22-29)46-21-20-44-17-16-42-7)37(39-35)30-10-11-31(25-45-19-18-43-15-14-41)32(23-30)24-40(4,5)6/h8-13,22-23,41H,14-21,24-25H2,1-7H3/q+1. The first-order valence-electron chi connectivity index (χ1n) is 15.9. The predicted octanol–water partition coefficient (Wildman–Crippen LogP) is 5.66. The number of aromatic nitrogens is 2. The van der Waals surface area contributed by atoms with E-state index in [2.05, 4.69) is 84.4 Å². The summed E-state index contributed by atoms with van der Waals surface area (Å²) in [7, 11) is 8.22. The highest BCUT2D eigenvalue weighted by atomic mass is 16.5. The van der Waals surface area contributed by atoms with Crippen molar-refractivity contribution in [2.75, 3.05) is 81.1 Å². The fourth-order valence-electron chi connectivity index (χ4n) is 5.25. The highest BCUT2D eigenvalue weighted by Crippen LogP contribution is 2.36. The van der Waals surface area contributed by atoms with Crippen molar-refractivity contribution in [2.24, 2.45) is 0 Å². The molecule has 4 rings (SSSR count). The fourth-order valence-corrected chi connectivity index (χ4v) is 5.25. The molecule has 0 spiro atoms. The van der Waals surface area contributed by atoms with Gasteiger partial charge in [0, 0.05) is 23.8 Å². The van der Waals surface area contributed by atoms with E-state index in [0.29, 0.717) is 52.9 Å². The van der Waals surface area contributed by atoms with E-state index in [1.807, 2.05) is 6.07 Å². The number of ether oxygens (including phenoxy) is 5. The number of quaternary nitrogens is 1. The number of benzene rings is 3. The van der Waals surface area contributed by atoms with Crippen LogP contribution in [-0.2, 0) is 32.1 Å². The van der Waals surface area contributed by atoms with E-state index in [1.54, 1.807) is 7.11 Å². The molecule has 46 heavy (non-hydrogen) atoms. The van der Waals surface area contributed by atoms with E-state index in [-0.39, 0.29) is 6.61 Å². The number of aliphatic hydroxyl groups is 1. The molecule has 0 aliphatic heterocycles. The number of nitrogens with zero attached hydrogens (tertiary/aromatic N) is 3. The lowest BCUT2D eigenvalue weighted by Crippen LogP contribution is -2.33. The molecule has 1 heterocycles. The van der Waals surface area contributed by atoms with E-state index in [9.17, 15) is 0 Å². The van der Waals surface area contributed by atoms with Crippen LogP contribution in [-0.4, -0.2) is 101 Å². The zero-order valence-electron chi connectivity index (χ0n) is 28.5. The molecule has 9 heteroatoms. The maximum absolute atomic E-state index is 8.94. The first-order chi connectivity index (χ1) is 22.1. The molecular formula is C37H50N3O6+. The van der Waals surface area contributed by atoms with Gasteiger partial charge in [0.2, 0.25) is 0 Å². The van der Waals surface area contributed by atoms with Gasteiger partial charge in [-0.2, -0.15) is 0 Å². The molecule has 0 radical (unpaired) electrons. The Morgan fingerprint density at radius 1 is 0.630 bits per heavy atom. The molecule has 0 bridgehead atoms. The lowest BCUT2D eigenvalue weighted by molar-refractivity contribution is -0.884. The van der Waals surface area contributed by atoms with Crippen molar-refractivity contribution >= 4 is 11.0 Å². The van der Waals surface area contributed by atoms with Gasteiger partial charge in [0.25, 0.3) is 0 Å². The zero-order valence-corrected chi connectivity index (χ0v) is 28.5. The van der Waals surface area contributed by atoms with Crippen molar-refractivity contribution in [2.45, 2.75) is 33.9 Å². The molecule has 0 fully saturated rings. The van der Waals surface area contributed by atoms with E-state index in [0.717, 1.165) is 72.6 Å². The molecule has 3 aromatic carbocycles. The van der Waals surface area contributed by atoms with Gasteiger partial charge in [-0.3, -0.25) is 0 Å². The maximum Gasteiger partial charge on any atom is 0.122 e. The van der Waals surface area contributed by atoms with Crippen LogP contribution in [0.5, 0.6) is 5.75 Å². The van der Waals surface area contributed by atoms with E-state index in [4.69, 9.17) is 38.8 Å². The smallest absolute Gasteiger partial charge is 0.122 e. The zero-order chi connectivity index (χ0) is 33.1. The third kappa shape index (κ3) is 9.78. The highest BCUT2D eigenvalue weighted by molar-refractivity contribution is 5.89. The SMILES string of the molecule is COCCOCCOc1ccc(-c2nc3c(C)ccc(C)c3nc2-c2ccc(COCCOCCO)c(C[N+](C)(C)C)c2)cc1C. The summed E-state index contributed by atoms with van der Waals surface area (Å²) in [6.45, 7) is 10.8. The van der Waals surface area contributed by atoms with Crippen LogP contribution in [0.25, 0.3) is 33.5 Å². The molecule has 0 saturated heterocycles. The van der Waals surface area contributed by atoms with Gasteiger partial charge in [0.1, 0.15) is 18.9 Å². The summed E-state index contributed by atoms with van der Waals surface area (Å²) in [4.78, 5) is 10.6. The minimum absolute atomic E-state index is 0.0104. The molecule has 0 aliphatic carbocycles. The Kier molecular flexibility index (Phi) is 13.0. The summed E-state index contributed by atoms with van der Waals surface area (Å²) in [6, 6.07) is 16.9. The molecule has 248 valence electrons. The van der Waals surface area contributed by atoms with E-state index < -0.39 is 0 Å². The number of aliphatic hydroxyl groups excluding tert-OH is 1. The van der Waals surface area contributed by atoms with Crippen LogP contribution in [0.3, 0.4) is 0 Å². The molecule has 0 atom stereocenters. The molecule has 4 aromatic rings. The minimum atomic E-state index is 0.0104. The summed E-state index contributed by atoms with van der Waals surface area (Å²) in [5.41, 5.74) is 11.0. The third-order valence-electron chi connectivity index (χ3n) is 7.58. The van der Waals surface area contributed by atoms with Crippen LogP contribution in [0.2, 0.25) is 0 Å². The number of fused-ring (bicyclic) bond motifs is 1. The second kappa shape index (κ2) is 16.9. The molecule has 0 amide bonds. The van der Waals surface area contributed by atoms with E-state index in [1.165, 1.54) is 5.56 Å². The highest BCUT2D eigenvalue weighted by Gasteiger charge is 2.20. The van der Waals surface area contributed by atoms with Crippen molar-refractivity contribution in [3.8, 4) is 28.3 Å². The molecule has 0 saturated carbocycles. The maximum atomic E-state index is 8.94. The largest absolute Gasteiger partial charge is 0.491 e. The summed E-state index contributed by atoms with van der Waals surface area (Å²) >= 11 is 0. The summed E-state index contributed by atoms with van der Waals surface area (Å²) in [6.07, 6.45) is 0. The lowest BCUT2D eigenvalue weighted by atomic mass is 9.97. The normalized spacial score (nSPS) is 11.8. The predicted molar refractivity (Wildman–Crippen MR) is 182 cm³/mol. The molecule has 1 aromatic heterocycles. The number of hydrogen-bond acceptors (Lipinski definition) is 8. The van der Waals surface area contributed by atoms with Crippen LogP contribution in [0.1, 0.15) is 27.8 Å². The minimum Gasteiger partial charge on any atom is -0.491 e. The van der Waals surface area contributed by atoms with Gasteiger partial charge in [0.15, 0.2) is 0 Å². The Morgan fingerprint density at radius 2 is 1.22 bits per heavy atom. The summed E-state index contributed by atoms with van der Waals surface area (Å²) < 4.78 is 28.7. The topological polar surface area (TPSA) is 92.2 Å². The van der Waals surface area contributed by atoms with Gasteiger partial charge in [-0.1, -0.05) is 24.3 Å². The molecule has 0 unspecified atom stereocenters. The molecule has 0 aliphatic rings. The Hall–Kier alpha value is -3.44. The van der Waals surface area contributed by atoms with Crippen molar-refractivity contribution < 1.29 is 33.3 Å². The van der Waals surface area contributed by atoms with Gasteiger partial charge in [-0.25, -0.2) is 9.97 Å². The first-order valence-corrected chi connectivity index (χ1v) is 15.9. The van der Waals surface area contributed by atoms with Gasteiger partial charge in [-0.05, 0) is 67.3 Å². The summed E-state index contributed by atoms with van der Waals surface area (Å²) in [5, 5.41) is 8.94. The van der Waals surface area contributed by atoms with Crippen LogP contribution in [0.15, 0.2) is 48.5 Å². The lowest BCUT2D eigenvalue weighted by Gasteiger charge is -2.26.